The van der Waals surface area contributed by atoms with E-state index >= 15 is 0 Å². The first kappa shape index (κ1) is 26.7. The Morgan fingerprint density at radius 2 is 1.60 bits per heavy atom. The number of nitrogens with zero attached hydrogens (tertiary/aromatic N) is 2. The first-order valence-corrected chi connectivity index (χ1v) is 8.16. The average molecular weight is 414 g/mol. The van der Waals surface area contributed by atoms with Crippen molar-refractivity contribution in [1.82, 2.24) is 9.80 Å². The Labute approximate surface area is 169 Å². The Balaban J connectivity index is 0. The number of carbonyl (C=O) groups is 1. The number of nitrogens with one attached hydrogen (secondary N) is 1. The molecule has 146 valence electrons. The highest BCUT2D eigenvalue weighted by molar-refractivity contribution is 5.91. The molecule has 1 saturated heterocycles. The maximum absolute atomic E-state index is 11.7. The predicted octanol–water partition coefficient (Wildman–Crippen LogP) is 2.77. The summed E-state index contributed by atoms with van der Waals surface area (Å²) in [6, 6.07) is 8.01. The second-order valence-electron chi connectivity index (χ2n) is 6.14. The summed E-state index contributed by atoms with van der Waals surface area (Å²) in [6.45, 7) is 10.7. The molecular weight excluding hydrogens is 383 g/mol. The maximum atomic E-state index is 11.7. The summed E-state index contributed by atoms with van der Waals surface area (Å²) >= 11 is 0. The van der Waals surface area contributed by atoms with Crippen LogP contribution in [0.1, 0.15) is 25.8 Å². The minimum atomic E-state index is -0.110. The standard InChI is InChI=1S/C17H28N4O.3ClH/c1-3-20-8-10-21(11-9-20)13-15-4-6-16(7-5-15)19-17(22)12-14(2)18;;;/h4-7,14H,3,8-13,18H2,1-2H3,(H,19,22);3*1H. The van der Waals surface area contributed by atoms with Gasteiger partial charge in [0.15, 0.2) is 0 Å². The van der Waals surface area contributed by atoms with Gasteiger partial charge in [-0.05, 0) is 31.2 Å². The fourth-order valence-corrected chi connectivity index (χ4v) is 2.72. The van der Waals surface area contributed by atoms with Gasteiger partial charge in [-0.15, -0.1) is 37.2 Å². The number of carbonyl (C=O) groups excluding carboxylic acids is 1. The van der Waals surface area contributed by atoms with Gasteiger partial charge in [0.1, 0.15) is 0 Å². The van der Waals surface area contributed by atoms with E-state index in [0.717, 1.165) is 45.0 Å². The number of likely N-dealkylation sites (N-methyl/N-ethyl adjacent to an activating group) is 1. The van der Waals surface area contributed by atoms with Crippen LogP contribution < -0.4 is 11.1 Å². The van der Waals surface area contributed by atoms with E-state index in [4.69, 9.17) is 5.73 Å². The number of rotatable bonds is 6. The molecule has 0 aromatic heterocycles. The van der Waals surface area contributed by atoms with Crippen LogP contribution in [0.2, 0.25) is 0 Å². The summed E-state index contributed by atoms with van der Waals surface area (Å²) in [5, 5.41) is 2.88. The normalized spacial score (nSPS) is 16.0. The molecule has 25 heavy (non-hydrogen) atoms. The molecule has 1 heterocycles. The Kier molecular flexibility index (Phi) is 14.5. The lowest BCUT2D eigenvalue weighted by atomic mass is 10.1. The van der Waals surface area contributed by atoms with Crippen LogP contribution in [-0.2, 0) is 11.3 Å². The number of hydrogen-bond acceptors (Lipinski definition) is 4. The summed E-state index contributed by atoms with van der Waals surface area (Å²) in [7, 11) is 0. The second-order valence-corrected chi connectivity index (χ2v) is 6.14. The number of anilines is 1. The van der Waals surface area contributed by atoms with Crippen molar-refractivity contribution in [3.05, 3.63) is 29.8 Å². The molecule has 5 nitrogen and oxygen atoms in total. The van der Waals surface area contributed by atoms with E-state index in [9.17, 15) is 4.79 Å². The number of halogens is 3. The van der Waals surface area contributed by atoms with E-state index in [1.807, 2.05) is 19.1 Å². The quantitative estimate of drug-likeness (QED) is 0.753. The van der Waals surface area contributed by atoms with E-state index < -0.39 is 0 Å². The van der Waals surface area contributed by atoms with E-state index in [-0.39, 0.29) is 49.2 Å². The zero-order chi connectivity index (χ0) is 15.9. The SMILES string of the molecule is CCN1CCN(Cc2ccc(NC(=O)CC(C)N)cc2)CC1.Cl.Cl.Cl. The first-order valence-electron chi connectivity index (χ1n) is 8.16. The molecule has 1 amide bonds. The van der Waals surface area contributed by atoms with Crippen LogP contribution in [0.5, 0.6) is 0 Å². The molecule has 0 spiro atoms. The van der Waals surface area contributed by atoms with E-state index in [1.54, 1.807) is 0 Å². The van der Waals surface area contributed by atoms with E-state index in [1.165, 1.54) is 5.56 Å². The number of hydrogen-bond donors (Lipinski definition) is 2. The predicted molar refractivity (Wildman–Crippen MR) is 112 cm³/mol. The minimum Gasteiger partial charge on any atom is -0.327 e. The highest BCUT2D eigenvalue weighted by Crippen LogP contribution is 2.13. The third-order valence-electron chi connectivity index (χ3n) is 4.06. The van der Waals surface area contributed by atoms with Crippen molar-refractivity contribution in [2.24, 2.45) is 5.73 Å². The molecule has 1 fully saturated rings. The van der Waals surface area contributed by atoms with Gasteiger partial charge in [0, 0.05) is 50.9 Å². The van der Waals surface area contributed by atoms with Gasteiger partial charge in [0.2, 0.25) is 5.91 Å². The van der Waals surface area contributed by atoms with Gasteiger partial charge in [0.05, 0.1) is 0 Å². The first-order chi connectivity index (χ1) is 10.6. The lowest BCUT2D eigenvalue weighted by Gasteiger charge is -2.34. The highest BCUT2D eigenvalue weighted by atomic mass is 35.5. The Morgan fingerprint density at radius 3 is 2.08 bits per heavy atom. The van der Waals surface area contributed by atoms with Crippen molar-refractivity contribution < 1.29 is 4.79 Å². The van der Waals surface area contributed by atoms with Crippen LogP contribution in [0.15, 0.2) is 24.3 Å². The van der Waals surface area contributed by atoms with Gasteiger partial charge in [-0.2, -0.15) is 0 Å². The summed E-state index contributed by atoms with van der Waals surface area (Å²) < 4.78 is 0. The van der Waals surface area contributed by atoms with Crippen molar-refractivity contribution in [2.75, 3.05) is 38.0 Å². The average Bonchev–Trinajstić information content (AvgIpc) is 2.49. The molecule has 1 unspecified atom stereocenters. The van der Waals surface area contributed by atoms with Gasteiger partial charge in [-0.3, -0.25) is 9.69 Å². The van der Waals surface area contributed by atoms with Crippen LogP contribution in [0.3, 0.4) is 0 Å². The van der Waals surface area contributed by atoms with Crippen molar-refractivity contribution in [3.63, 3.8) is 0 Å². The second kappa shape index (κ2) is 13.6. The fraction of sp³-hybridized carbons (Fsp3) is 0.588. The lowest BCUT2D eigenvalue weighted by Crippen LogP contribution is -2.45. The van der Waals surface area contributed by atoms with Crippen LogP contribution in [0.4, 0.5) is 5.69 Å². The van der Waals surface area contributed by atoms with Crippen molar-refractivity contribution in [2.45, 2.75) is 32.9 Å². The number of amides is 1. The summed E-state index contributed by atoms with van der Waals surface area (Å²) in [6.07, 6.45) is 0.351. The lowest BCUT2D eigenvalue weighted by molar-refractivity contribution is -0.116. The largest absolute Gasteiger partial charge is 0.327 e. The number of piperazine rings is 1. The molecule has 0 aliphatic carbocycles. The topological polar surface area (TPSA) is 61.6 Å². The molecule has 0 bridgehead atoms. The molecule has 3 N–H and O–H groups in total. The zero-order valence-electron chi connectivity index (χ0n) is 14.9. The molecule has 2 rings (SSSR count). The fourth-order valence-electron chi connectivity index (χ4n) is 2.72. The Morgan fingerprint density at radius 1 is 1.08 bits per heavy atom. The summed E-state index contributed by atoms with van der Waals surface area (Å²) in [4.78, 5) is 16.6. The van der Waals surface area contributed by atoms with Gasteiger partial charge < -0.3 is 16.0 Å². The molecule has 1 aromatic carbocycles. The molecule has 0 radical (unpaired) electrons. The number of benzene rings is 1. The molecule has 8 heteroatoms. The third kappa shape index (κ3) is 9.64. The highest BCUT2D eigenvalue weighted by Gasteiger charge is 2.15. The molecule has 0 saturated carbocycles. The van der Waals surface area contributed by atoms with Crippen molar-refractivity contribution >= 4 is 48.8 Å². The van der Waals surface area contributed by atoms with Gasteiger partial charge in [0.25, 0.3) is 0 Å². The van der Waals surface area contributed by atoms with Gasteiger partial charge >= 0.3 is 0 Å². The third-order valence-corrected chi connectivity index (χ3v) is 4.06. The Hall–Kier alpha value is -0.560. The van der Waals surface area contributed by atoms with Crippen LogP contribution in [0.25, 0.3) is 0 Å². The summed E-state index contributed by atoms with van der Waals surface area (Å²) in [5.74, 6) is -0.0292. The zero-order valence-corrected chi connectivity index (χ0v) is 17.4. The smallest absolute Gasteiger partial charge is 0.225 e. The van der Waals surface area contributed by atoms with Crippen LogP contribution in [-0.4, -0.2) is 54.5 Å². The van der Waals surface area contributed by atoms with E-state index in [0.29, 0.717) is 6.42 Å². The van der Waals surface area contributed by atoms with Crippen molar-refractivity contribution in [3.8, 4) is 0 Å². The van der Waals surface area contributed by atoms with Gasteiger partial charge in [-0.25, -0.2) is 0 Å². The van der Waals surface area contributed by atoms with Gasteiger partial charge in [-0.1, -0.05) is 19.1 Å². The van der Waals surface area contributed by atoms with Crippen molar-refractivity contribution in [1.29, 1.82) is 0 Å². The van der Waals surface area contributed by atoms with Crippen LogP contribution >= 0.6 is 37.2 Å². The number of nitrogens with two attached hydrogens (primary N) is 1. The minimum absolute atomic E-state index is 0. The summed E-state index contributed by atoms with van der Waals surface area (Å²) in [5.41, 5.74) is 7.75. The molecule has 1 aliphatic heterocycles. The molecule has 1 atom stereocenters. The van der Waals surface area contributed by atoms with E-state index in [2.05, 4.69) is 34.2 Å². The van der Waals surface area contributed by atoms with Crippen LogP contribution in [0, 0.1) is 0 Å². The molecular formula is C17H31Cl3N4O. The molecule has 1 aliphatic rings. The monoisotopic (exact) mass is 412 g/mol. The molecule has 1 aromatic rings. The maximum Gasteiger partial charge on any atom is 0.225 e. The Bertz CT molecular complexity index is 477.